The summed E-state index contributed by atoms with van der Waals surface area (Å²) in [5.74, 6) is -0.502. The summed E-state index contributed by atoms with van der Waals surface area (Å²) in [5.41, 5.74) is 6.63. The molecule has 0 saturated carbocycles. The Morgan fingerprint density at radius 2 is 1.86 bits per heavy atom. The van der Waals surface area contributed by atoms with Gasteiger partial charge in [0.25, 0.3) is 10.1 Å². The minimum absolute atomic E-state index is 0.502. The van der Waals surface area contributed by atoms with E-state index in [2.05, 4.69) is 0 Å². The third kappa shape index (κ3) is 3.53. The van der Waals surface area contributed by atoms with Crippen LogP contribution < -0.4 is 5.73 Å². The van der Waals surface area contributed by atoms with Gasteiger partial charge < -0.3 is 5.73 Å². The Kier molecular flexibility index (Phi) is 3.36. The molecule has 0 amide bonds. The van der Waals surface area contributed by atoms with Crippen LogP contribution in [0.2, 0.25) is 0 Å². The molecule has 78 valence electrons. The van der Waals surface area contributed by atoms with Gasteiger partial charge in [-0.05, 0) is 17.7 Å². The number of rotatable bonds is 3. The van der Waals surface area contributed by atoms with E-state index in [-0.39, 0.29) is 0 Å². The van der Waals surface area contributed by atoms with Gasteiger partial charge in [-0.1, -0.05) is 12.1 Å². The van der Waals surface area contributed by atoms with Crippen LogP contribution in [0.1, 0.15) is 10.9 Å². The van der Waals surface area contributed by atoms with Crippen LogP contribution in [0.4, 0.5) is 5.69 Å². The number of nitrogen functional groups attached to an aromatic ring is 1. The molecule has 0 aromatic heterocycles. The Hall–Kier alpha value is -0.780. The largest absolute Gasteiger partial charge is 0.399 e. The molecule has 0 aliphatic rings. The van der Waals surface area contributed by atoms with Gasteiger partial charge in [-0.25, -0.2) is 0 Å². The average Bonchev–Trinajstić information content (AvgIpc) is 2.02. The van der Waals surface area contributed by atoms with Crippen LogP contribution in [0, 0.1) is 0 Å². The maximum absolute atomic E-state index is 10.5. The van der Waals surface area contributed by atoms with Crippen LogP contribution in [0.5, 0.6) is 0 Å². The van der Waals surface area contributed by atoms with Gasteiger partial charge in [0.05, 0.1) is 11.1 Å². The first-order valence-electron chi connectivity index (χ1n) is 3.83. The fourth-order valence-electron chi connectivity index (χ4n) is 0.986. The Bertz CT molecular complexity index is 401. The van der Waals surface area contributed by atoms with Crippen molar-refractivity contribution in [1.29, 1.82) is 0 Å². The molecule has 0 spiro atoms. The topological polar surface area (TPSA) is 80.4 Å². The highest BCUT2D eigenvalue weighted by Crippen LogP contribution is 2.22. The zero-order valence-corrected chi connectivity index (χ0v) is 8.79. The van der Waals surface area contributed by atoms with Crippen LogP contribution in [0.15, 0.2) is 24.3 Å². The summed E-state index contributed by atoms with van der Waals surface area (Å²) in [6.45, 7) is 0. The number of anilines is 1. The lowest BCUT2D eigenvalue weighted by molar-refractivity contribution is 0.482. The molecule has 0 saturated heterocycles. The molecule has 1 rings (SSSR count). The van der Waals surface area contributed by atoms with E-state index < -0.39 is 21.2 Å². The maximum atomic E-state index is 10.5. The van der Waals surface area contributed by atoms with Gasteiger partial charge in [0.2, 0.25) is 0 Å². The predicted octanol–water partition coefficient (Wildman–Crippen LogP) is 1.44. The summed E-state index contributed by atoms with van der Waals surface area (Å²) in [7, 11) is -4.04. The van der Waals surface area contributed by atoms with E-state index in [4.69, 9.17) is 21.9 Å². The third-order valence-electron chi connectivity index (χ3n) is 1.66. The quantitative estimate of drug-likeness (QED) is 0.472. The number of benzene rings is 1. The molecular formula is C8H10ClNO3S. The Balaban J connectivity index is 2.80. The summed E-state index contributed by atoms with van der Waals surface area (Å²) in [4.78, 5) is 0. The van der Waals surface area contributed by atoms with Crippen molar-refractivity contribution in [2.45, 2.75) is 5.38 Å². The molecule has 0 aliphatic carbocycles. The van der Waals surface area contributed by atoms with E-state index >= 15 is 0 Å². The van der Waals surface area contributed by atoms with Crippen LogP contribution in [-0.4, -0.2) is 18.7 Å². The number of nitrogens with two attached hydrogens (primary N) is 1. The van der Waals surface area contributed by atoms with Gasteiger partial charge in [-0.2, -0.15) is 8.42 Å². The first-order valence-corrected chi connectivity index (χ1v) is 5.88. The van der Waals surface area contributed by atoms with Gasteiger partial charge in [0.1, 0.15) is 0 Å². The SMILES string of the molecule is Nc1ccc(C(Cl)CS(=O)(=O)O)cc1. The van der Waals surface area contributed by atoms with Crippen molar-refractivity contribution >= 4 is 27.4 Å². The lowest BCUT2D eigenvalue weighted by Crippen LogP contribution is -2.09. The summed E-state index contributed by atoms with van der Waals surface area (Å²) < 4.78 is 29.6. The first kappa shape index (κ1) is 11.3. The molecule has 6 heteroatoms. The second-order valence-corrected chi connectivity index (χ2v) is 4.91. The molecule has 1 unspecified atom stereocenters. The van der Waals surface area contributed by atoms with Crippen molar-refractivity contribution in [2.75, 3.05) is 11.5 Å². The smallest absolute Gasteiger partial charge is 0.266 e. The molecule has 0 bridgehead atoms. The summed E-state index contributed by atoms with van der Waals surface area (Å²) >= 11 is 5.76. The number of alkyl halides is 1. The fraction of sp³-hybridized carbons (Fsp3) is 0.250. The minimum atomic E-state index is -4.04. The summed E-state index contributed by atoms with van der Waals surface area (Å²) in [6.07, 6.45) is 0. The van der Waals surface area contributed by atoms with Crippen molar-refractivity contribution in [3.8, 4) is 0 Å². The minimum Gasteiger partial charge on any atom is -0.399 e. The predicted molar refractivity (Wildman–Crippen MR) is 55.9 cm³/mol. The van der Waals surface area contributed by atoms with E-state index in [1.807, 2.05) is 0 Å². The summed E-state index contributed by atoms with van der Waals surface area (Å²) in [6, 6.07) is 6.49. The second kappa shape index (κ2) is 4.16. The van der Waals surface area contributed by atoms with Crippen molar-refractivity contribution in [3.05, 3.63) is 29.8 Å². The zero-order chi connectivity index (χ0) is 10.8. The molecule has 1 aromatic rings. The van der Waals surface area contributed by atoms with Gasteiger partial charge in [-0.15, -0.1) is 11.6 Å². The van der Waals surface area contributed by atoms with Crippen LogP contribution >= 0.6 is 11.6 Å². The molecule has 1 atom stereocenters. The lowest BCUT2D eigenvalue weighted by atomic mass is 10.1. The average molecular weight is 236 g/mol. The van der Waals surface area contributed by atoms with Crippen LogP contribution in [-0.2, 0) is 10.1 Å². The molecule has 3 N–H and O–H groups in total. The zero-order valence-electron chi connectivity index (χ0n) is 7.22. The molecule has 1 aromatic carbocycles. The fourth-order valence-corrected chi connectivity index (χ4v) is 2.17. The van der Waals surface area contributed by atoms with E-state index in [1.54, 1.807) is 24.3 Å². The Morgan fingerprint density at radius 1 is 1.36 bits per heavy atom. The highest BCUT2D eigenvalue weighted by Gasteiger charge is 2.15. The molecular weight excluding hydrogens is 226 g/mol. The van der Waals surface area contributed by atoms with Gasteiger partial charge in [0, 0.05) is 5.69 Å². The molecule has 0 heterocycles. The second-order valence-electron chi connectivity index (χ2n) is 2.88. The molecule has 0 fully saturated rings. The van der Waals surface area contributed by atoms with Crippen molar-refractivity contribution < 1.29 is 13.0 Å². The van der Waals surface area contributed by atoms with E-state index in [1.165, 1.54) is 0 Å². The van der Waals surface area contributed by atoms with E-state index in [0.29, 0.717) is 11.3 Å². The van der Waals surface area contributed by atoms with Crippen molar-refractivity contribution in [2.24, 2.45) is 0 Å². The van der Waals surface area contributed by atoms with Gasteiger partial charge >= 0.3 is 0 Å². The highest BCUT2D eigenvalue weighted by atomic mass is 35.5. The molecule has 4 nitrogen and oxygen atoms in total. The normalized spacial score (nSPS) is 13.9. The van der Waals surface area contributed by atoms with Crippen LogP contribution in [0.3, 0.4) is 0 Å². The monoisotopic (exact) mass is 235 g/mol. The Morgan fingerprint density at radius 3 is 2.29 bits per heavy atom. The Labute approximate surface area is 87.4 Å². The number of halogens is 1. The van der Waals surface area contributed by atoms with Gasteiger partial charge in [-0.3, -0.25) is 4.55 Å². The number of hydrogen-bond acceptors (Lipinski definition) is 3. The van der Waals surface area contributed by atoms with Crippen molar-refractivity contribution in [3.63, 3.8) is 0 Å². The lowest BCUT2D eigenvalue weighted by Gasteiger charge is -2.07. The third-order valence-corrected chi connectivity index (χ3v) is 3.00. The van der Waals surface area contributed by atoms with Crippen molar-refractivity contribution in [1.82, 2.24) is 0 Å². The van der Waals surface area contributed by atoms with E-state index in [9.17, 15) is 8.42 Å². The molecule has 0 radical (unpaired) electrons. The molecule has 14 heavy (non-hydrogen) atoms. The first-order chi connectivity index (χ1) is 6.38. The molecule has 0 aliphatic heterocycles. The summed E-state index contributed by atoms with van der Waals surface area (Å²) in [5, 5.41) is -0.759. The standard InChI is InChI=1S/C8H10ClNO3S/c9-8(5-14(11,12)13)6-1-3-7(10)4-2-6/h1-4,8H,5,10H2,(H,11,12,13). The maximum Gasteiger partial charge on any atom is 0.266 e. The number of hydrogen-bond donors (Lipinski definition) is 2. The van der Waals surface area contributed by atoms with Gasteiger partial charge in [0.15, 0.2) is 0 Å². The highest BCUT2D eigenvalue weighted by molar-refractivity contribution is 7.85. The van der Waals surface area contributed by atoms with Crippen LogP contribution in [0.25, 0.3) is 0 Å². The van der Waals surface area contributed by atoms with E-state index in [0.717, 1.165) is 0 Å².